The number of hydrogen-bond acceptors (Lipinski definition) is 4. The predicted octanol–water partition coefficient (Wildman–Crippen LogP) is 2.61. The molecule has 1 saturated heterocycles. The van der Waals surface area contributed by atoms with Crippen molar-refractivity contribution in [1.82, 2.24) is 15.6 Å². The maximum absolute atomic E-state index is 12.3. The highest BCUT2D eigenvalue weighted by molar-refractivity contribution is 5.98. The zero-order chi connectivity index (χ0) is 18.2. The van der Waals surface area contributed by atoms with Gasteiger partial charge in [-0.05, 0) is 57.1 Å². The quantitative estimate of drug-likeness (QED) is 0.735. The first kappa shape index (κ1) is 18.6. The molecule has 1 atom stereocenters. The highest BCUT2D eigenvalue weighted by Gasteiger charge is 2.18. The number of pyridine rings is 1. The van der Waals surface area contributed by atoms with Gasteiger partial charge in [0.15, 0.2) is 0 Å². The summed E-state index contributed by atoms with van der Waals surface area (Å²) in [6.45, 7) is 1.85. The number of aromatic nitrogens is 1. The van der Waals surface area contributed by atoms with Crippen molar-refractivity contribution in [3.63, 3.8) is 0 Å². The average Bonchev–Trinajstić information content (AvgIpc) is 3.20. The lowest BCUT2D eigenvalue weighted by Crippen LogP contribution is -2.32. The van der Waals surface area contributed by atoms with Crippen molar-refractivity contribution in [2.24, 2.45) is 0 Å². The normalized spacial score (nSPS) is 19.7. The van der Waals surface area contributed by atoms with E-state index in [4.69, 9.17) is 4.74 Å². The van der Waals surface area contributed by atoms with E-state index in [1.54, 1.807) is 12.1 Å². The number of hydrogen-bond donors (Lipinski definition) is 2. The molecule has 2 heterocycles. The highest BCUT2D eigenvalue weighted by atomic mass is 16.5. The zero-order valence-electron chi connectivity index (χ0n) is 15.1. The largest absolute Gasteiger partial charge is 0.376 e. The van der Waals surface area contributed by atoms with Crippen LogP contribution in [0.15, 0.2) is 30.0 Å². The molecule has 0 spiro atoms. The Morgan fingerprint density at radius 3 is 2.88 bits per heavy atom. The summed E-state index contributed by atoms with van der Waals surface area (Å²) in [7, 11) is 0. The molecular weight excluding hydrogens is 330 g/mol. The molecule has 1 fully saturated rings. The number of carbonyl (C=O) groups excluding carboxylic acids is 2. The fraction of sp³-hybridized carbons (Fsp3) is 0.550. The molecule has 2 amide bonds. The van der Waals surface area contributed by atoms with Crippen molar-refractivity contribution in [2.75, 3.05) is 19.7 Å². The summed E-state index contributed by atoms with van der Waals surface area (Å²) in [6.07, 6.45) is 11.6. The van der Waals surface area contributed by atoms with Gasteiger partial charge in [0.2, 0.25) is 0 Å². The molecule has 0 bridgehead atoms. The van der Waals surface area contributed by atoms with Gasteiger partial charge in [-0.1, -0.05) is 11.6 Å². The smallest absolute Gasteiger partial charge is 0.269 e. The van der Waals surface area contributed by atoms with Gasteiger partial charge in [0.1, 0.15) is 5.69 Å². The average molecular weight is 357 g/mol. The van der Waals surface area contributed by atoms with Gasteiger partial charge in [0.25, 0.3) is 11.8 Å². The van der Waals surface area contributed by atoms with E-state index >= 15 is 0 Å². The van der Waals surface area contributed by atoms with Crippen molar-refractivity contribution >= 4 is 11.8 Å². The minimum Gasteiger partial charge on any atom is -0.376 e. The summed E-state index contributed by atoms with van der Waals surface area (Å²) in [5.41, 5.74) is 2.14. The van der Waals surface area contributed by atoms with Crippen LogP contribution in [0.5, 0.6) is 0 Å². The molecule has 0 saturated carbocycles. The molecular formula is C20H27N3O3. The monoisotopic (exact) mass is 357 g/mol. The van der Waals surface area contributed by atoms with E-state index in [1.807, 2.05) is 0 Å². The van der Waals surface area contributed by atoms with E-state index in [1.165, 1.54) is 24.6 Å². The van der Waals surface area contributed by atoms with Gasteiger partial charge in [-0.2, -0.15) is 0 Å². The molecule has 0 radical (unpaired) electrons. The van der Waals surface area contributed by atoms with Gasteiger partial charge in [0, 0.05) is 31.5 Å². The second-order valence-electron chi connectivity index (χ2n) is 6.89. The molecule has 1 aromatic heterocycles. The first-order valence-corrected chi connectivity index (χ1v) is 9.54. The maximum Gasteiger partial charge on any atom is 0.269 e. The predicted molar refractivity (Wildman–Crippen MR) is 99.0 cm³/mol. The Bertz CT molecular complexity index is 666. The van der Waals surface area contributed by atoms with Crippen LogP contribution in [0.2, 0.25) is 0 Å². The number of carbonyl (C=O) groups is 2. The van der Waals surface area contributed by atoms with Crippen LogP contribution in [-0.2, 0) is 4.74 Å². The molecule has 2 N–H and O–H groups in total. The Morgan fingerprint density at radius 1 is 1.19 bits per heavy atom. The molecule has 6 nitrogen and oxygen atoms in total. The van der Waals surface area contributed by atoms with Gasteiger partial charge < -0.3 is 15.4 Å². The van der Waals surface area contributed by atoms with E-state index in [-0.39, 0.29) is 23.6 Å². The van der Waals surface area contributed by atoms with Gasteiger partial charge in [-0.15, -0.1) is 0 Å². The standard InChI is InChI=1S/C20H27N3O3/c24-19(22-10-8-15-5-2-1-3-6-15)16-9-11-21-18(13-16)20(25)23-14-17-7-4-12-26-17/h5,9,11,13,17H,1-4,6-8,10,12,14H2,(H,22,24)(H,23,25). The maximum atomic E-state index is 12.3. The molecule has 1 aromatic rings. The molecule has 1 aliphatic heterocycles. The van der Waals surface area contributed by atoms with E-state index in [0.717, 1.165) is 38.7 Å². The van der Waals surface area contributed by atoms with Crippen molar-refractivity contribution in [3.8, 4) is 0 Å². The fourth-order valence-corrected chi connectivity index (χ4v) is 3.37. The Balaban J connectivity index is 1.48. The van der Waals surface area contributed by atoms with Crippen molar-refractivity contribution in [2.45, 2.75) is 51.0 Å². The van der Waals surface area contributed by atoms with E-state index in [2.05, 4.69) is 21.7 Å². The van der Waals surface area contributed by atoms with Crippen molar-refractivity contribution < 1.29 is 14.3 Å². The Labute approximate surface area is 154 Å². The van der Waals surface area contributed by atoms with Gasteiger partial charge in [-0.25, -0.2) is 0 Å². The summed E-state index contributed by atoms with van der Waals surface area (Å²) in [4.78, 5) is 28.6. The van der Waals surface area contributed by atoms with E-state index < -0.39 is 0 Å². The SMILES string of the molecule is O=C(NCCC1=CCCCC1)c1ccnc(C(=O)NCC2CCCO2)c1. The van der Waals surface area contributed by atoms with Crippen LogP contribution in [0.3, 0.4) is 0 Å². The van der Waals surface area contributed by atoms with E-state index in [9.17, 15) is 9.59 Å². The lowest BCUT2D eigenvalue weighted by atomic mass is 9.97. The summed E-state index contributed by atoms with van der Waals surface area (Å²) in [6, 6.07) is 3.17. The molecule has 1 aliphatic carbocycles. The summed E-state index contributed by atoms with van der Waals surface area (Å²) in [5.74, 6) is -0.445. The Kier molecular flexibility index (Phi) is 6.77. The topological polar surface area (TPSA) is 80.3 Å². The Hall–Kier alpha value is -2.21. The fourth-order valence-electron chi connectivity index (χ4n) is 3.37. The van der Waals surface area contributed by atoms with Crippen molar-refractivity contribution in [1.29, 1.82) is 0 Å². The zero-order valence-corrected chi connectivity index (χ0v) is 15.1. The second kappa shape index (κ2) is 9.48. The van der Waals surface area contributed by atoms with Crippen LogP contribution in [0.25, 0.3) is 0 Å². The minimum absolute atomic E-state index is 0.0829. The lowest BCUT2D eigenvalue weighted by molar-refractivity contribution is 0.0853. The Morgan fingerprint density at radius 2 is 2.12 bits per heavy atom. The number of nitrogens with zero attached hydrogens (tertiary/aromatic N) is 1. The van der Waals surface area contributed by atoms with Gasteiger partial charge in [0.05, 0.1) is 6.10 Å². The third-order valence-corrected chi connectivity index (χ3v) is 4.89. The third-order valence-electron chi connectivity index (χ3n) is 4.89. The van der Waals surface area contributed by atoms with Gasteiger partial charge in [-0.3, -0.25) is 14.6 Å². The molecule has 3 rings (SSSR count). The summed E-state index contributed by atoms with van der Waals surface area (Å²) < 4.78 is 5.49. The minimum atomic E-state index is -0.275. The molecule has 6 heteroatoms. The van der Waals surface area contributed by atoms with Crippen LogP contribution < -0.4 is 10.6 Å². The van der Waals surface area contributed by atoms with E-state index in [0.29, 0.717) is 18.7 Å². The molecule has 1 unspecified atom stereocenters. The molecule has 26 heavy (non-hydrogen) atoms. The van der Waals surface area contributed by atoms with Crippen LogP contribution in [0.1, 0.15) is 65.8 Å². The van der Waals surface area contributed by atoms with Crippen molar-refractivity contribution in [3.05, 3.63) is 41.2 Å². The number of ether oxygens (including phenoxy) is 1. The first-order valence-electron chi connectivity index (χ1n) is 9.54. The lowest BCUT2D eigenvalue weighted by Gasteiger charge is -2.13. The third kappa shape index (κ3) is 5.39. The highest BCUT2D eigenvalue weighted by Crippen LogP contribution is 2.19. The van der Waals surface area contributed by atoms with Crippen LogP contribution in [-0.4, -0.2) is 42.6 Å². The molecule has 2 aliphatic rings. The molecule has 140 valence electrons. The van der Waals surface area contributed by atoms with Gasteiger partial charge >= 0.3 is 0 Å². The summed E-state index contributed by atoms with van der Waals surface area (Å²) >= 11 is 0. The number of allylic oxidation sites excluding steroid dienone is 1. The second-order valence-corrected chi connectivity index (χ2v) is 6.89. The summed E-state index contributed by atoms with van der Waals surface area (Å²) in [5, 5.41) is 5.76. The number of rotatable bonds is 7. The van der Waals surface area contributed by atoms with Crippen LogP contribution >= 0.6 is 0 Å². The van der Waals surface area contributed by atoms with Crippen LogP contribution in [0.4, 0.5) is 0 Å². The molecule has 0 aromatic carbocycles. The number of nitrogens with one attached hydrogen (secondary N) is 2. The number of amides is 2. The first-order chi connectivity index (χ1) is 12.7. The van der Waals surface area contributed by atoms with Crippen LogP contribution in [0, 0.1) is 0 Å².